The minimum absolute atomic E-state index is 0.0779. The number of carbonyl (C=O) groups excluding carboxylic acids is 1. The van der Waals surface area contributed by atoms with Crippen molar-refractivity contribution in [3.8, 4) is 23.4 Å². The number of amides is 1. The fourth-order valence-electron chi connectivity index (χ4n) is 4.06. The number of hydrazone groups is 1. The summed E-state index contributed by atoms with van der Waals surface area (Å²) in [5, 5.41) is 23.3. The first-order chi connectivity index (χ1) is 18.7. The molecule has 0 saturated carbocycles. The molecular formula is C28H28N8O3. The van der Waals surface area contributed by atoms with Gasteiger partial charge in [-0.05, 0) is 38.5 Å². The summed E-state index contributed by atoms with van der Waals surface area (Å²) in [6.07, 6.45) is 1.17. The molecule has 198 valence electrons. The van der Waals surface area contributed by atoms with Crippen molar-refractivity contribution in [3.05, 3.63) is 75.6 Å². The highest BCUT2D eigenvalue weighted by molar-refractivity contribution is 5.82. The summed E-state index contributed by atoms with van der Waals surface area (Å²) in [7, 11) is 0. The Labute approximate surface area is 226 Å². The van der Waals surface area contributed by atoms with Gasteiger partial charge in [0.1, 0.15) is 23.3 Å². The molecule has 0 aliphatic carbocycles. The summed E-state index contributed by atoms with van der Waals surface area (Å²) in [5.74, 6) is 0.0779. The maximum atomic E-state index is 12.4. The van der Waals surface area contributed by atoms with Crippen molar-refractivity contribution >= 4 is 23.9 Å². The van der Waals surface area contributed by atoms with Crippen molar-refractivity contribution in [2.45, 2.75) is 26.4 Å². The van der Waals surface area contributed by atoms with Gasteiger partial charge in [0.15, 0.2) is 0 Å². The number of hydrogen-bond donors (Lipinski definition) is 2. The number of H-pyrrole nitrogens is 1. The van der Waals surface area contributed by atoms with Crippen LogP contribution >= 0.6 is 0 Å². The molecule has 1 amide bonds. The molecule has 0 bridgehead atoms. The van der Waals surface area contributed by atoms with E-state index >= 15 is 0 Å². The number of hydrogen-bond acceptors (Lipinski definition) is 9. The van der Waals surface area contributed by atoms with Gasteiger partial charge in [-0.25, -0.2) is 15.2 Å². The Morgan fingerprint density at radius 1 is 1.10 bits per heavy atom. The summed E-state index contributed by atoms with van der Waals surface area (Å²) < 4.78 is 5.45. The van der Waals surface area contributed by atoms with Crippen LogP contribution in [0.25, 0.3) is 11.3 Å². The molecule has 0 radical (unpaired) electrons. The molecule has 1 saturated heterocycles. The average molecular weight is 525 g/mol. The Morgan fingerprint density at radius 3 is 2.46 bits per heavy atom. The number of nitrogens with one attached hydrogen (secondary N) is 2. The number of nitrogens with zero attached hydrogens (tertiary/aromatic N) is 6. The third kappa shape index (κ3) is 6.59. The van der Waals surface area contributed by atoms with E-state index in [1.54, 1.807) is 35.2 Å². The first-order valence-electron chi connectivity index (χ1n) is 12.3. The van der Waals surface area contributed by atoms with Crippen LogP contribution in [-0.2, 0) is 4.74 Å². The zero-order valence-electron chi connectivity index (χ0n) is 21.9. The van der Waals surface area contributed by atoms with Gasteiger partial charge in [-0.2, -0.15) is 15.6 Å². The van der Waals surface area contributed by atoms with Crippen LogP contribution in [-0.4, -0.2) is 59.0 Å². The maximum absolute atomic E-state index is 12.4. The molecule has 1 aromatic heterocycles. The van der Waals surface area contributed by atoms with Crippen molar-refractivity contribution in [1.29, 1.82) is 10.5 Å². The number of anilines is 2. The lowest BCUT2D eigenvalue weighted by Crippen LogP contribution is -2.50. The lowest BCUT2D eigenvalue weighted by Gasteiger charge is -2.37. The number of ether oxygens (including phenoxy) is 1. The van der Waals surface area contributed by atoms with E-state index in [4.69, 9.17) is 4.74 Å². The molecule has 0 unspecified atom stereocenters. The lowest BCUT2D eigenvalue weighted by molar-refractivity contribution is 0.0240. The van der Waals surface area contributed by atoms with E-state index in [0.717, 1.165) is 5.69 Å². The normalized spacial score (nSPS) is 13.6. The molecular weight excluding hydrogens is 496 g/mol. The second kappa shape index (κ2) is 11.5. The summed E-state index contributed by atoms with van der Waals surface area (Å²) in [4.78, 5) is 35.4. The highest BCUT2D eigenvalue weighted by Gasteiger charge is 2.26. The average Bonchev–Trinajstić information content (AvgIpc) is 2.92. The first kappa shape index (κ1) is 26.9. The fraction of sp³-hybridized carbons (Fsp3) is 0.286. The first-order valence-corrected chi connectivity index (χ1v) is 12.3. The minimum atomic E-state index is -0.577. The standard InChI is InChI=1S/C28H28N8O3/c1-28(2,3)39-27(38)36-13-11-35(12-14-36)23-10-9-19(15-21(23)16-29)18-31-34-26-32-24(20-7-5-4-6-8-20)22(17-30)25(37)33-26/h4-10,15,18H,11-14H2,1-3H3,(H2,32,33,34,37). The molecule has 2 N–H and O–H groups in total. The van der Waals surface area contributed by atoms with Gasteiger partial charge in [0.25, 0.3) is 5.56 Å². The van der Waals surface area contributed by atoms with Gasteiger partial charge in [-0.15, -0.1) is 0 Å². The second-order valence-corrected chi connectivity index (χ2v) is 9.83. The van der Waals surface area contributed by atoms with Crippen molar-refractivity contribution in [3.63, 3.8) is 0 Å². The number of aromatic amines is 1. The van der Waals surface area contributed by atoms with E-state index in [9.17, 15) is 20.1 Å². The Balaban J connectivity index is 1.45. The van der Waals surface area contributed by atoms with Crippen molar-refractivity contribution in [1.82, 2.24) is 14.9 Å². The van der Waals surface area contributed by atoms with E-state index in [2.05, 4.69) is 31.5 Å². The van der Waals surface area contributed by atoms with Crippen molar-refractivity contribution in [2.75, 3.05) is 36.5 Å². The van der Waals surface area contributed by atoms with Gasteiger partial charge < -0.3 is 14.5 Å². The van der Waals surface area contributed by atoms with Gasteiger partial charge in [0.2, 0.25) is 5.95 Å². The number of carbonyl (C=O) groups is 1. The van der Waals surface area contributed by atoms with E-state index in [0.29, 0.717) is 42.9 Å². The van der Waals surface area contributed by atoms with Crippen LogP contribution in [0, 0.1) is 22.7 Å². The molecule has 3 aromatic rings. The second-order valence-electron chi connectivity index (χ2n) is 9.83. The van der Waals surface area contributed by atoms with Crippen LogP contribution in [0.15, 0.2) is 58.4 Å². The molecule has 39 heavy (non-hydrogen) atoms. The van der Waals surface area contributed by atoms with Gasteiger partial charge in [0, 0.05) is 31.7 Å². The number of nitriles is 2. The molecule has 2 heterocycles. The zero-order chi connectivity index (χ0) is 28.0. The van der Waals surface area contributed by atoms with Crippen LogP contribution in [0.5, 0.6) is 0 Å². The highest BCUT2D eigenvalue weighted by Crippen LogP contribution is 2.23. The largest absolute Gasteiger partial charge is 0.444 e. The summed E-state index contributed by atoms with van der Waals surface area (Å²) in [6.45, 7) is 7.64. The Kier molecular flexibility index (Phi) is 7.92. The monoisotopic (exact) mass is 524 g/mol. The van der Waals surface area contributed by atoms with Crippen LogP contribution in [0.4, 0.5) is 16.4 Å². The number of piperazine rings is 1. The van der Waals surface area contributed by atoms with Crippen LogP contribution in [0.2, 0.25) is 0 Å². The van der Waals surface area contributed by atoms with Gasteiger partial charge >= 0.3 is 6.09 Å². The Bertz CT molecular complexity index is 1520. The predicted molar refractivity (Wildman–Crippen MR) is 147 cm³/mol. The molecule has 1 aliphatic heterocycles. The van der Waals surface area contributed by atoms with E-state index in [1.807, 2.05) is 45.0 Å². The minimum Gasteiger partial charge on any atom is -0.444 e. The van der Waals surface area contributed by atoms with Gasteiger partial charge in [-0.3, -0.25) is 9.78 Å². The van der Waals surface area contributed by atoms with Crippen LogP contribution in [0.1, 0.15) is 37.5 Å². The number of aromatic nitrogens is 2. The third-order valence-electron chi connectivity index (χ3n) is 5.88. The molecule has 0 atom stereocenters. The number of rotatable bonds is 5. The SMILES string of the molecule is CC(C)(C)OC(=O)N1CCN(c2ccc(C=NNc3nc(-c4ccccc4)c(C#N)c(=O)[nH]3)cc2C#N)CC1. The highest BCUT2D eigenvalue weighted by atomic mass is 16.6. The smallest absolute Gasteiger partial charge is 0.410 e. The summed E-state index contributed by atoms with van der Waals surface area (Å²) in [6, 6.07) is 18.5. The fourth-order valence-corrected chi connectivity index (χ4v) is 4.06. The molecule has 2 aromatic carbocycles. The lowest BCUT2D eigenvalue weighted by atomic mass is 10.1. The molecule has 11 heteroatoms. The maximum Gasteiger partial charge on any atom is 0.410 e. The molecule has 11 nitrogen and oxygen atoms in total. The zero-order valence-corrected chi connectivity index (χ0v) is 21.9. The molecule has 1 aliphatic rings. The number of benzene rings is 2. The Morgan fingerprint density at radius 2 is 1.82 bits per heavy atom. The third-order valence-corrected chi connectivity index (χ3v) is 5.88. The van der Waals surface area contributed by atoms with E-state index in [1.165, 1.54) is 6.21 Å². The topological polar surface area (TPSA) is 150 Å². The Hall–Kier alpha value is -5.16. The summed E-state index contributed by atoms with van der Waals surface area (Å²) in [5.41, 5.74) is 4.27. The molecule has 0 spiro atoms. The van der Waals surface area contributed by atoms with Gasteiger partial charge in [-0.1, -0.05) is 36.4 Å². The quantitative estimate of drug-likeness (QED) is 0.379. The van der Waals surface area contributed by atoms with E-state index < -0.39 is 11.2 Å². The van der Waals surface area contributed by atoms with Crippen molar-refractivity contribution < 1.29 is 9.53 Å². The molecule has 4 rings (SSSR count). The van der Waals surface area contributed by atoms with Crippen LogP contribution < -0.4 is 15.9 Å². The predicted octanol–water partition coefficient (Wildman–Crippen LogP) is 3.68. The van der Waals surface area contributed by atoms with Gasteiger partial charge in [0.05, 0.1) is 23.2 Å². The molecule has 1 fully saturated rings. The van der Waals surface area contributed by atoms with Crippen LogP contribution in [0.3, 0.4) is 0 Å². The van der Waals surface area contributed by atoms with Crippen molar-refractivity contribution in [2.24, 2.45) is 5.10 Å². The summed E-state index contributed by atoms with van der Waals surface area (Å²) >= 11 is 0. The van der Waals surface area contributed by atoms with E-state index in [-0.39, 0.29) is 23.3 Å².